The van der Waals surface area contributed by atoms with Crippen LogP contribution in [0, 0.1) is 6.92 Å². The number of rotatable bonds is 8. The lowest BCUT2D eigenvalue weighted by atomic mass is 10.1. The van der Waals surface area contributed by atoms with E-state index < -0.39 is 5.60 Å². The number of nitrogens with one attached hydrogen (secondary N) is 1. The van der Waals surface area contributed by atoms with Gasteiger partial charge in [-0.3, -0.25) is 9.78 Å². The molecule has 0 atom stereocenters. The summed E-state index contributed by atoms with van der Waals surface area (Å²) >= 11 is 0. The van der Waals surface area contributed by atoms with Gasteiger partial charge in [-0.15, -0.1) is 0 Å². The third kappa shape index (κ3) is 5.33. The van der Waals surface area contributed by atoms with Gasteiger partial charge in [-0.1, -0.05) is 24.3 Å². The second-order valence-corrected chi connectivity index (χ2v) is 10.3. The fourth-order valence-electron chi connectivity index (χ4n) is 4.52. The number of benzene rings is 2. The summed E-state index contributed by atoms with van der Waals surface area (Å²) in [4.78, 5) is 19.6. The molecule has 2 aromatic carbocycles. The Hall–Kier alpha value is -3.38. The van der Waals surface area contributed by atoms with E-state index in [0.717, 1.165) is 45.9 Å². The number of fused-ring (bicyclic) bond motifs is 1. The van der Waals surface area contributed by atoms with E-state index in [2.05, 4.69) is 40.6 Å². The molecule has 6 nitrogen and oxygen atoms in total. The summed E-state index contributed by atoms with van der Waals surface area (Å²) in [6.45, 7) is 6.49. The van der Waals surface area contributed by atoms with Crippen molar-refractivity contribution in [2.45, 2.75) is 51.6 Å². The van der Waals surface area contributed by atoms with Crippen molar-refractivity contribution >= 4 is 17.3 Å². The van der Waals surface area contributed by atoms with E-state index in [1.54, 1.807) is 13.8 Å². The number of amides is 1. The molecule has 1 aliphatic carbocycles. The van der Waals surface area contributed by atoms with Gasteiger partial charge in [0.1, 0.15) is 12.4 Å². The quantitative estimate of drug-likeness (QED) is 0.479. The van der Waals surface area contributed by atoms with Crippen LogP contribution in [-0.2, 0) is 11.2 Å². The van der Waals surface area contributed by atoms with Gasteiger partial charge in [0.15, 0.2) is 0 Å². The fraction of sp³-hybridized carbons (Fsp3) is 0.379. The van der Waals surface area contributed by atoms with Crippen LogP contribution in [0.25, 0.3) is 11.3 Å². The van der Waals surface area contributed by atoms with E-state index in [1.165, 1.54) is 18.4 Å². The van der Waals surface area contributed by atoms with Crippen LogP contribution in [0.3, 0.4) is 0 Å². The first kappa shape index (κ1) is 23.4. The molecule has 1 amide bonds. The molecule has 2 aliphatic rings. The normalized spacial score (nSPS) is 15.1. The molecule has 1 aliphatic heterocycles. The Morgan fingerprint density at radius 2 is 2.03 bits per heavy atom. The first-order valence-corrected chi connectivity index (χ1v) is 12.4. The third-order valence-corrected chi connectivity index (χ3v) is 6.66. The van der Waals surface area contributed by atoms with Gasteiger partial charge >= 0.3 is 0 Å². The number of aryl methyl sites for hydroxylation is 1. The molecule has 182 valence electrons. The maximum absolute atomic E-state index is 13.2. The van der Waals surface area contributed by atoms with Crippen molar-refractivity contribution in [1.29, 1.82) is 0 Å². The second kappa shape index (κ2) is 9.34. The Bertz CT molecular complexity index is 1230. The summed E-state index contributed by atoms with van der Waals surface area (Å²) < 4.78 is 5.86. The molecule has 2 N–H and O–H groups in total. The zero-order valence-electron chi connectivity index (χ0n) is 20.7. The van der Waals surface area contributed by atoms with Crippen molar-refractivity contribution in [1.82, 2.24) is 4.98 Å². The molecule has 3 aromatic rings. The SMILES string of the molecule is Cc1ccc(-c2ccc(C3CC3)cn2)cc1NCC(=O)N1CCc2c(OCC(C)(C)O)cccc21. The number of carbonyl (C=O) groups excluding carboxylic acids is 1. The van der Waals surface area contributed by atoms with Crippen LogP contribution in [0.15, 0.2) is 54.7 Å². The molecule has 1 fully saturated rings. The summed E-state index contributed by atoms with van der Waals surface area (Å²) in [6, 6.07) is 16.2. The van der Waals surface area contributed by atoms with Gasteiger partial charge in [-0.2, -0.15) is 0 Å². The zero-order valence-corrected chi connectivity index (χ0v) is 20.7. The van der Waals surface area contributed by atoms with Gasteiger partial charge in [0.25, 0.3) is 0 Å². The molecule has 1 aromatic heterocycles. The van der Waals surface area contributed by atoms with E-state index in [0.29, 0.717) is 12.5 Å². The molecular formula is C29H33N3O3. The van der Waals surface area contributed by atoms with Crippen LogP contribution in [0.1, 0.15) is 49.3 Å². The fourth-order valence-corrected chi connectivity index (χ4v) is 4.52. The molecule has 0 saturated heterocycles. The number of nitrogens with zero attached hydrogens (tertiary/aromatic N) is 2. The molecule has 1 saturated carbocycles. The largest absolute Gasteiger partial charge is 0.490 e. The number of carbonyl (C=O) groups is 1. The highest BCUT2D eigenvalue weighted by atomic mass is 16.5. The molecule has 0 bridgehead atoms. The maximum atomic E-state index is 13.2. The van der Waals surface area contributed by atoms with E-state index in [9.17, 15) is 9.90 Å². The van der Waals surface area contributed by atoms with Crippen LogP contribution in [0.2, 0.25) is 0 Å². The predicted octanol–water partition coefficient (Wildman–Crippen LogP) is 5.09. The highest BCUT2D eigenvalue weighted by Gasteiger charge is 2.28. The minimum Gasteiger partial charge on any atom is -0.490 e. The van der Waals surface area contributed by atoms with Crippen LogP contribution in [-0.4, -0.2) is 41.3 Å². The maximum Gasteiger partial charge on any atom is 0.246 e. The van der Waals surface area contributed by atoms with Gasteiger partial charge in [0.05, 0.1) is 23.5 Å². The Balaban J connectivity index is 1.26. The molecule has 0 radical (unpaired) electrons. The van der Waals surface area contributed by atoms with Crippen molar-refractivity contribution < 1.29 is 14.6 Å². The van der Waals surface area contributed by atoms with Crippen molar-refractivity contribution in [2.24, 2.45) is 0 Å². The summed E-state index contributed by atoms with van der Waals surface area (Å²) in [7, 11) is 0. The lowest BCUT2D eigenvalue weighted by Crippen LogP contribution is -2.34. The van der Waals surface area contributed by atoms with Gasteiger partial charge in [-0.05, 0) is 81.3 Å². The highest BCUT2D eigenvalue weighted by molar-refractivity contribution is 5.98. The lowest BCUT2D eigenvalue weighted by molar-refractivity contribution is -0.116. The monoisotopic (exact) mass is 471 g/mol. The third-order valence-electron chi connectivity index (χ3n) is 6.66. The molecular weight excluding hydrogens is 438 g/mol. The number of hydrogen-bond acceptors (Lipinski definition) is 5. The number of ether oxygens (including phenoxy) is 1. The van der Waals surface area contributed by atoms with Gasteiger partial charge in [0, 0.05) is 29.6 Å². The summed E-state index contributed by atoms with van der Waals surface area (Å²) in [5.74, 6) is 1.44. The van der Waals surface area contributed by atoms with E-state index >= 15 is 0 Å². The number of pyridine rings is 1. The molecule has 5 rings (SSSR count). The summed E-state index contributed by atoms with van der Waals surface area (Å²) in [6.07, 6.45) is 5.27. The number of anilines is 2. The van der Waals surface area contributed by atoms with E-state index in [-0.39, 0.29) is 19.1 Å². The lowest BCUT2D eigenvalue weighted by Gasteiger charge is -2.21. The van der Waals surface area contributed by atoms with Crippen LogP contribution < -0.4 is 15.0 Å². The van der Waals surface area contributed by atoms with Crippen molar-refractivity contribution in [3.8, 4) is 17.0 Å². The standard InChI is InChI=1S/C29H33N3O3/c1-19-7-8-21(24-12-11-22(16-30-24)20-9-10-20)15-25(19)31-17-28(33)32-14-13-23-26(32)5-4-6-27(23)35-18-29(2,3)34/h4-8,11-12,15-16,20,31,34H,9-10,13-14,17-18H2,1-3H3. The average Bonchev–Trinajstić information content (AvgIpc) is 3.60. The Morgan fingerprint density at radius 1 is 1.20 bits per heavy atom. The van der Waals surface area contributed by atoms with E-state index in [4.69, 9.17) is 4.74 Å². The smallest absolute Gasteiger partial charge is 0.246 e. The van der Waals surface area contributed by atoms with Crippen LogP contribution >= 0.6 is 0 Å². The molecule has 2 heterocycles. The van der Waals surface area contributed by atoms with Gasteiger partial charge in [-0.25, -0.2) is 0 Å². The number of aromatic nitrogens is 1. The molecule has 6 heteroatoms. The summed E-state index contributed by atoms with van der Waals surface area (Å²) in [5, 5.41) is 13.3. The predicted molar refractivity (Wildman–Crippen MR) is 139 cm³/mol. The zero-order chi connectivity index (χ0) is 24.6. The minimum atomic E-state index is -0.915. The Kier molecular flexibility index (Phi) is 6.24. The van der Waals surface area contributed by atoms with Crippen molar-refractivity contribution in [3.63, 3.8) is 0 Å². The number of aliphatic hydroxyl groups is 1. The second-order valence-electron chi connectivity index (χ2n) is 10.3. The molecule has 35 heavy (non-hydrogen) atoms. The van der Waals surface area contributed by atoms with Crippen molar-refractivity contribution in [3.05, 3.63) is 71.4 Å². The first-order chi connectivity index (χ1) is 16.8. The van der Waals surface area contributed by atoms with Crippen molar-refractivity contribution in [2.75, 3.05) is 29.9 Å². The van der Waals surface area contributed by atoms with Crippen LogP contribution in [0.5, 0.6) is 5.75 Å². The van der Waals surface area contributed by atoms with Gasteiger partial charge < -0.3 is 20.1 Å². The minimum absolute atomic E-state index is 0.0140. The van der Waals surface area contributed by atoms with E-state index in [1.807, 2.05) is 36.2 Å². The topological polar surface area (TPSA) is 74.7 Å². The Labute approximate surface area is 207 Å². The van der Waals surface area contributed by atoms with Crippen LogP contribution in [0.4, 0.5) is 11.4 Å². The molecule has 0 unspecified atom stereocenters. The number of hydrogen-bond donors (Lipinski definition) is 2. The molecule has 0 spiro atoms. The summed E-state index contributed by atoms with van der Waals surface area (Å²) in [5.41, 5.74) is 6.31. The average molecular weight is 472 g/mol. The van der Waals surface area contributed by atoms with Gasteiger partial charge in [0.2, 0.25) is 5.91 Å². The Morgan fingerprint density at radius 3 is 2.74 bits per heavy atom. The highest BCUT2D eigenvalue weighted by Crippen LogP contribution is 2.40. The first-order valence-electron chi connectivity index (χ1n) is 12.4.